The van der Waals surface area contributed by atoms with Crippen molar-refractivity contribution in [3.63, 3.8) is 0 Å². The number of hydrogen-bond acceptors (Lipinski definition) is 5. The standard InChI is InChI=1S/C29H31F2N3O4/c1-21(35)32-17-26-19-34(29(36)38-26)25-12-13-27(28(31)16-25)24-10-8-22(9-11-24)18-33(15-5-14-30)37-20-23-6-3-2-4-7-23/h2-4,6-13,16,26H,5,14-15,17-20H2,1H3,(H,32,35)/t26-/m0/s1. The molecule has 9 heteroatoms. The number of rotatable bonds is 12. The Morgan fingerprint density at radius 1 is 1.11 bits per heavy atom. The lowest BCUT2D eigenvalue weighted by atomic mass is 10.0. The van der Waals surface area contributed by atoms with Crippen LogP contribution in [0, 0.1) is 5.82 Å². The zero-order valence-electron chi connectivity index (χ0n) is 21.2. The van der Waals surface area contributed by atoms with Crippen molar-refractivity contribution in [3.8, 4) is 11.1 Å². The van der Waals surface area contributed by atoms with E-state index >= 15 is 4.39 Å². The molecule has 1 aliphatic heterocycles. The van der Waals surface area contributed by atoms with Crippen LogP contribution in [0.5, 0.6) is 0 Å². The number of alkyl halides is 1. The quantitative estimate of drug-likeness (QED) is 0.329. The Morgan fingerprint density at radius 3 is 2.55 bits per heavy atom. The first kappa shape index (κ1) is 27.2. The molecule has 2 amide bonds. The molecule has 3 aromatic carbocycles. The second kappa shape index (κ2) is 13.1. The van der Waals surface area contributed by atoms with E-state index in [1.807, 2.05) is 54.6 Å². The van der Waals surface area contributed by atoms with Gasteiger partial charge in [0.25, 0.3) is 0 Å². The highest BCUT2D eigenvalue weighted by Gasteiger charge is 2.32. The van der Waals surface area contributed by atoms with E-state index in [9.17, 15) is 14.0 Å². The van der Waals surface area contributed by atoms with Gasteiger partial charge in [-0.3, -0.25) is 18.9 Å². The van der Waals surface area contributed by atoms with Crippen LogP contribution in [-0.2, 0) is 27.5 Å². The average Bonchev–Trinajstić information content (AvgIpc) is 3.30. The number of hydroxylamine groups is 2. The van der Waals surface area contributed by atoms with Gasteiger partial charge in [-0.15, -0.1) is 0 Å². The predicted octanol–water partition coefficient (Wildman–Crippen LogP) is 5.25. The molecule has 4 rings (SSSR count). The van der Waals surface area contributed by atoms with E-state index in [4.69, 9.17) is 9.57 Å². The Balaban J connectivity index is 1.39. The number of carbonyl (C=O) groups is 2. The number of hydrogen-bond donors (Lipinski definition) is 1. The second-order valence-electron chi connectivity index (χ2n) is 9.08. The molecule has 1 saturated heterocycles. The highest BCUT2D eigenvalue weighted by Crippen LogP contribution is 2.29. The van der Waals surface area contributed by atoms with Gasteiger partial charge in [0.2, 0.25) is 5.91 Å². The van der Waals surface area contributed by atoms with Crippen molar-refractivity contribution in [1.82, 2.24) is 10.4 Å². The molecule has 7 nitrogen and oxygen atoms in total. The Kier molecular flexibility index (Phi) is 9.40. The Hall–Kier alpha value is -3.82. The van der Waals surface area contributed by atoms with Crippen molar-refractivity contribution >= 4 is 17.7 Å². The van der Waals surface area contributed by atoms with Crippen LogP contribution in [-0.4, -0.2) is 49.5 Å². The van der Waals surface area contributed by atoms with Crippen LogP contribution in [0.4, 0.5) is 19.3 Å². The van der Waals surface area contributed by atoms with Crippen LogP contribution in [0.2, 0.25) is 0 Å². The van der Waals surface area contributed by atoms with E-state index in [1.54, 1.807) is 17.2 Å². The molecule has 0 aromatic heterocycles. The zero-order chi connectivity index (χ0) is 26.9. The minimum absolute atomic E-state index is 0.201. The summed E-state index contributed by atoms with van der Waals surface area (Å²) in [5, 5.41) is 4.36. The first-order valence-corrected chi connectivity index (χ1v) is 12.5. The molecule has 38 heavy (non-hydrogen) atoms. The number of anilines is 1. The number of ether oxygens (including phenoxy) is 1. The summed E-state index contributed by atoms with van der Waals surface area (Å²) in [6.07, 6.45) is -0.713. The molecule has 1 N–H and O–H groups in total. The summed E-state index contributed by atoms with van der Waals surface area (Å²) in [4.78, 5) is 30.6. The van der Waals surface area contributed by atoms with Gasteiger partial charge in [0, 0.05) is 25.6 Å². The molecule has 0 bridgehead atoms. The maximum Gasteiger partial charge on any atom is 0.414 e. The number of nitrogens with zero attached hydrogens (tertiary/aromatic N) is 2. The van der Waals surface area contributed by atoms with Crippen molar-refractivity contribution in [3.05, 3.63) is 89.7 Å². The molecule has 0 unspecified atom stereocenters. The van der Waals surface area contributed by atoms with Crippen LogP contribution in [0.3, 0.4) is 0 Å². The molecule has 0 spiro atoms. The third-order valence-corrected chi connectivity index (χ3v) is 6.14. The van der Waals surface area contributed by atoms with Gasteiger partial charge in [-0.05, 0) is 41.3 Å². The summed E-state index contributed by atoms with van der Waals surface area (Å²) in [6.45, 7) is 2.69. The Labute approximate surface area is 220 Å². The van der Waals surface area contributed by atoms with Gasteiger partial charge in [-0.2, -0.15) is 5.06 Å². The number of nitrogens with one attached hydrogen (secondary N) is 1. The minimum Gasteiger partial charge on any atom is -0.442 e. The second-order valence-corrected chi connectivity index (χ2v) is 9.08. The van der Waals surface area contributed by atoms with Gasteiger partial charge in [0.15, 0.2) is 0 Å². The van der Waals surface area contributed by atoms with Crippen LogP contribution in [0.15, 0.2) is 72.8 Å². The fourth-order valence-electron chi connectivity index (χ4n) is 4.16. The molecule has 1 fully saturated rings. The Morgan fingerprint density at radius 2 is 1.87 bits per heavy atom. The normalized spacial score (nSPS) is 15.1. The van der Waals surface area contributed by atoms with Gasteiger partial charge in [-0.25, -0.2) is 9.18 Å². The summed E-state index contributed by atoms with van der Waals surface area (Å²) in [6, 6.07) is 21.8. The van der Waals surface area contributed by atoms with Gasteiger partial charge in [0.05, 0.1) is 32.1 Å². The van der Waals surface area contributed by atoms with Crippen molar-refractivity contribution in [2.24, 2.45) is 0 Å². The van der Waals surface area contributed by atoms with Crippen molar-refractivity contribution < 1.29 is 27.9 Å². The first-order chi connectivity index (χ1) is 18.4. The highest BCUT2D eigenvalue weighted by atomic mass is 19.1. The fourth-order valence-corrected chi connectivity index (χ4v) is 4.16. The van der Waals surface area contributed by atoms with Gasteiger partial charge >= 0.3 is 6.09 Å². The third kappa shape index (κ3) is 7.36. The van der Waals surface area contributed by atoms with E-state index in [0.717, 1.165) is 11.1 Å². The summed E-state index contributed by atoms with van der Waals surface area (Å²) >= 11 is 0. The third-order valence-electron chi connectivity index (χ3n) is 6.14. The summed E-state index contributed by atoms with van der Waals surface area (Å²) in [5.41, 5.74) is 3.44. The molecular formula is C29H31F2N3O4. The van der Waals surface area contributed by atoms with E-state index in [1.165, 1.54) is 17.9 Å². The average molecular weight is 524 g/mol. The smallest absolute Gasteiger partial charge is 0.414 e. The monoisotopic (exact) mass is 523 g/mol. The number of amides is 2. The molecule has 3 aromatic rings. The maximum atomic E-state index is 15.1. The van der Waals surface area contributed by atoms with E-state index in [-0.39, 0.29) is 19.0 Å². The summed E-state index contributed by atoms with van der Waals surface area (Å²) in [7, 11) is 0. The molecular weight excluding hydrogens is 492 g/mol. The molecule has 0 saturated carbocycles. The van der Waals surface area contributed by atoms with Crippen LogP contribution in [0.25, 0.3) is 11.1 Å². The predicted molar refractivity (Wildman–Crippen MR) is 140 cm³/mol. The largest absolute Gasteiger partial charge is 0.442 e. The lowest BCUT2D eigenvalue weighted by Gasteiger charge is -2.22. The molecule has 0 radical (unpaired) electrons. The lowest BCUT2D eigenvalue weighted by Crippen LogP contribution is -2.33. The molecule has 200 valence electrons. The van der Waals surface area contributed by atoms with E-state index < -0.39 is 24.7 Å². The molecule has 1 aliphatic rings. The van der Waals surface area contributed by atoms with Crippen LogP contribution >= 0.6 is 0 Å². The van der Waals surface area contributed by atoms with Crippen LogP contribution < -0.4 is 10.2 Å². The van der Waals surface area contributed by atoms with Crippen LogP contribution in [0.1, 0.15) is 24.5 Å². The Bertz CT molecular complexity index is 1220. The topological polar surface area (TPSA) is 71.1 Å². The number of carbonyl (C=O) groups excluding carboxylic acids is 2. The number of cyclic esters (lactones) is 1. The number of halogens is 2. The summed E-state index contributed by atoms with van der Waals surface area (Å²) < 4.78 is 33.1. The lowest BCUT2D eigenvalue weighted by molar-refractivity contribution is -0.177. The molecule has 1 atom stereocenters. The van der Waals surface area contributed by atoms with Crippen molar-refractivity contribution in [2.45, 2.75) is 32.6 Å². The highest BCUT2D eigenvalue weighted by molar-refractivity contribution is 5.90. The maximum absolute atomic E-state index is 15.1. The van der Waals surface area contributed by atoms with Crippen molar-refractivity contribution in [1.29, 1.82) is 0 Å². The zero-order valence-corrected chi connectivity index (χ0v) is 21.2. The minimum atomic E-state index is -0.580. The number of benzene rings is 3. The molecule has 0 aliphatic carbocycles. The van der Waals surface area contributed by atoms with E-state index in [0.29, 0.717) is 42.9 Å². The molecule has 1 heterocycles. The van der Waals surface area contributed by atoms with Crippen molar-refractivity contribution in [2.75, 3.05) is 31.2 Å². The SMILES string of the molecule is CC(=O)NC[C@H]1CN(c2ccc(-c3ccc(CN(CCCF)OCc4ccccc4)cc3)c(F)c2)C(=O)O1. The van der Waals surface area contributed by atoms with E-state index in [2.05, 4.69) is 5.32 Å². The first-order valence-electron chi connectivity index (χ1n) is 12.5. The fraction of sp³-hybridized carbons (Fsp3) is 0.310. The van der Waals surface area contributed by atoms with Gasteiger partial charge in [0.1, 0.15) is 11.9 Å². The van der Waals surface area contributed by atoms with Gasteiger partial charge < -0.3 is 10.1 Å². The van der Waals surface area contributed by atoms with Gasteiger partial charge in [-0.1, -0.05) is 54.6 Å². The summed E-state index contributed by atoms with van der Waals surface area (Å²) in [5.74, 6) is -0.683.